The van der Waals surface area contributed by atoms with Gasteiger partial charge in [0.2, 0.25) is 12.7 Å². The molecule has 0 fully saturated rings. The van der Waals surface area contributed by atoms with E-state index in [1.54, 1.807) is 0 Å². The average molecular weight is 402 g/mol. The number of fused-ring (bicyclic) bond motifs is 1. The molecule has 2 aromatic rings. The second-order valence-electron chi connectivity index (χ2n) is 7.02. The fourth-order valence-corrected chi connectivity index (χ4v) is 3.77. The van der Waals surface area contributed by atoms with Crippen molar-refractivity contribution in [1.82, 2.24) is 15.3 Å². The molecule has 2 aliphatic rings. The highest BCUT2D eigenvalue weighted by atomic mass is 35.5. The molecular weight excluding hydrogens is 378 g/mol. The minimum atomic E-state index is 0.189. The molecule has 3 heterocycles. The molecule has 0 unspecified atom stereocenters. The number of hydrogen-bond acceptors (Lipinski definition) is 7. The van der Waals surface area contributed by atoms with Crippen LogP contribution in [0.2, 0.25) is 5.02 Å². The number of benzene rings is 1. The first kappa shape index (κ1) is 18.8. The fraction of sp³-hybridized carbons (Fsp3) is 0.400. The summed E-state index contributed by atoms with van der Waals surface area (Å²) in [5.74, 6) is 2.59. The number of nitrogens with one attached hydrogen (secondary N) is 3. The maximum Gasteiger partial charge on any atom is 0.231 e. The van der Waals surface area contributed by atoms with Crippen LogP contribution in [-0.2, 0) is 0 Å². The zero-order valence-electron chi connectivity index (χ0n) is 16.2. The molecule has 7 nitrogen and oxygen atoms in total. The maximum absolute atomic E-state index is 6.85. The largest absolute Gasteiger partial charge is 0.453 e. The molecule has 1 aromatic carbocycles. The predicted molar refractivity (Wildman–Crippen MR) is 112 cm³/mol. The van der Waals surface area contributed by atoms with Crippen molar-refractivity contribution in [3.05, 3.63) is 34.5 Å². The smallest absolute Gasteiger partial charge is 0.231 e. The Bertz CT molecular complexity index is 931. The number of halogens is 1. The Labute approximate surface area is 169 Å². The van der Waals surface area contributed by atoms with Gasteiger partial charge in [-0.05, 0) is 32.3 Å². The Morgan fingerprint density at radius 1 is 1.25 bits per heavy atom. The van der Waals surface area contributed by atoms with E-state index >= 15 is 0 Å². The average Bonchev–Trinajstić information content (AvgIpc) is 3.02. The van der Waals surface area contributed by atoms with Crippen molar-refractivity contribution < 1.29 is 9.47 Å². The zero-order chi connectivity index (χ0) is 19.7. The summed E-state index contributed by atoms with van der Waals surface area (Å²) >= 11 is 6.85. The fourth-order valence-electron chi connectivity index (χ4n) is 3.46. The first-order valence-corrected chi connectivity index (χ1v) is 9.78. The Morgan fingerprint density at radius 3 is 2.93 bits per heavy atom. The molecular formula is C20H24ClN5O2. The second kappa shape index (κ2) is 7.85. The lowest BCUT2D eigenvalue weighted by Crippen LogP contribution is -2.24. The first-order valence-electron chi connectivity index (χ1n) is 9.40. The number of allylic oxidation sites excluding steroid dienone is 1. The lowest BCUT2D eigenvalue weighted by atomic mass is 9.97. The van der Waals surface area contributed by atoms with E-state index in [1.165, 1.54) is 0 Å². The Morgan fingerprint density at radius 2 is 2.11 bits per heavy atom. The van der Waals surface area contributed by atoms with E-state index in [2.05, 4.69) is 38.9 Å². The third-order valence-corrected chi connectivity index (χ3v) is 5.33. The standard InChI is InChI=1S/C20H24ClN5O2/c1-11-4-5-13(6-7-23-11)17-18(21)14(9-15-19(17)28-10-27-15)25-20-24-12(2)8-16(22-3)26-20/h6,8-9,11,23H,4-5,7,10H2,1-3H3,(H2,22,24,25,26)/t11-/m1/s1. The second-order valence-corrected chi connectivity index (χ2v) is 7.40. The van der Waals surface area contributed by atoms with E-state index in [1.807, 2.05) is 26.1 Å². The molecule has 1 atom stereocenters. The van der Waals surface area contributed by atoms with Crippen LogP contribution in [0.4, 0.5) is 17.5 Å². The number of ether oxygens (including phenoxy) is 2. The van der Waals surface area contributed by atoms with Crippen LogP contribution in [0, 0.1) is 6.92 Å². The molecule has 4 rings (SSSR count). The lowest BCUT2D eigenvalue weighted by molar-refractivity contribution is 0.173. The van der Waals surface area contributed by atoms with E-state index in [4.69, 9.17) is 21.1 Å². The molecule has 148 valence electrons. The number of rotatable bonds is 4. The van der Waals surface area contributed by atoms with E-state index < -0.39 is 0 Å². The number of nitrogens with zero attached hydrogens (tertiary/aromatic N) is 2. The molecule has 3 N–H and O–H groups in total. The van der Waals surface area contributed by atoms with Crippen LogP contribution in [-0.4, -0.2) is 36.4 Å². The molecule has 0 saturated carbocycles. The van der Waals surface area contributed by atoms with Gasteiger partial charge in [0.1, 0.15) is 5.82 Å². The molecule has 28 heavy (non-hydrogen) atoms. The molecule has 0 saturated heterocycles. The van der Waals surface area contributed by atoms with Crippen LogP contribution in [0.5, 0.6) is 11.5 Å². The van der Waals surface area contributed by atoms with Gasteiger partial charge < -0.3 is 25.4 Å². The highest BCUT2D eigenvalue weighted by Gasteiger charge is 2.27. The summed E-state index contributed by atoms with van der Waals surface area (Å²) < 4.78 is 11.4. The molecule has 1 aromatic heterocycles. The van der Waals surface area contributed by atoms with Gasteiger partial charge in [-0.1, -0.05) is 17.7 Å². The topological polar surface area (TPSA) is 80.3 Å². The lowest BCUT2D eigenvalue weighted by Gasteiger charge is -2.16. The van der Waals surface area contributed by atoms with E-state index in [-0.39, 0.29) is 6.79 Å². The maximum atomic E-state index is 6.85. The Kier molecular flexibility index (Phi) is 5.28. The van der Waals surface area contributed by atoms with Crippen LogP contribution in [0.3, 0.4) is 0 Å². The molecule has 0 radical (unpaired) electrons. The summed E-state index contributed by atoms with van der Waals surface area (Å²) in [5, 5.41) is 10.3. The monoisotopic (exact) mass is 401 g/mol. The van der Waals surface area contributed by atoms with Crippen molar-refractivity contribution in [2.24, 2.45) is 0 Å². The van der Waals surface area contributed by atoms with Gasteiger partial charge >= 0.3 is 0 Å². The van der Waals surface area contributed by atoms with E-state index in [0.717, 1.165) is 42.0 Å². The van der Waals surface area contributed by atoms with Crippen LogP contribution >= 0.6 is 11.6 Å². The van der Waals surface area contributed by atoms with Gasteiger partial charge in [0, 0.05) is 43.0 Å². The highest BCUT2D eigenvalue weighted by molar-refractivity contribution is 6.35. The third kappa shape index (κ3) is 3.72. The summed E-state index contributed by atoms with van der Waals surface area (Å²) in [6, 6.07) is 4.18. The zero-order valence-corrected chi connectivity index (χ0v) is 17.0. The summed E-state index contributed by atoms with van der Waals surface area (Å²) in [7, 11) is 1.82. The van der Waals surface area contributed by atoms with Crippen LogP contribution in [0.25, 0.3) is 5.57 Å². The number of aromatic nitrogens is 2. The van der Waals surface area contributed by atoms with Gasteiger partial charge in [-0.25, -0.2) is 4.98 Å². The van der Waals surface area contributed by atoms with Gasteiger partial charge in [-0.2, -0.15) is 4.98 Å². The van der Waals surface area contributed by atoms with Crippen molar-refractivity contribution in [3.8, 4) is 11.5 Å². The molecule has 0 bridgehead atoms. The minimum Gasteiger partial charge on any atom is -0.453 e. The Hall–Kier alpha value is -2.51. The minimum absolute atomic E-state index is 0.189. The Balaban J connectivity index is 1.75. The number of aryl methyl sites for hydroxylation is 1. The predicted octanol–water partition coefficient (Wildman–Crippen LogP) is 4.11. The summed E-state index contributed by atoms with van der Waals surface area (Å²) in [6.07, 6.45) is 4.12. The summed E-state index contributed by atoms with van der Waals surface area (Å²) in [6.45, 7) is 5.10. The van der Waals surface area contributed by atoms with Gasteiger partial charge in [-0.3, -0.25) is 0 Å². The number of anilines is 3. The molecule has 0 amide bonds. The van der Waals surface area contributed by atoms with Crippen molar-refractivity contribution in [3.63, 3.8) is 0 Å². The van der Waals surface area contributed by atoms with Crippen LogP contribution < -0.4 is 25.4 Å². The third-order valence-electron chi connectivity index (χ3n) is 4.94. The van der Waals surface area contributed by atoms with Crippen molar-refractivity contribution in [1.29, 1.82) is 0 Å². The summed E-state index contributed by atoms with van der Waals surface area (Å²) in [4.78, 5) is 8.92. The first-order chi connectivity index (χ1) is 13.5. The molecule has 0 aliphatic carbocycles. The molecule has 2 aliphatic heterocycles. The van der Waals surface area contributed by atoms with E-state index in [0.29, 0.717) is 34.2 Å². The normalized spacial score (nSPS) is 18.4. The van der Waals surface area contributed by atoms with Crippen molar-refractivity contribution in [2.45, 2.75) is 32.7 Å². The van der Waals surface area contributed by atoms with Crippen molar-refractivity contribution in [2.75, 3.05) is 31.0 Å². The highest BCUT2D eigenvalue weighted by Crippen LogP contribution is 2.48. The van der Waals surface area contributed by atoms with Crippen molar-refractivity contribution >= 4 is 34.6 Å². The van der Waals surface area contributed by atoms with Gasteiger partial charge in [-0.15, -0.1) is 0 Å². The summed E-state index contributed by atoms with van der Waals surface area (Å²) in [5.41, 5.74) is 3.59. The van der Waals surface area contributed by atoms with Gasteiger partial charge in [0.05, 0.1) is 10.7 Å². The quantitative estimate of drug-likeness (QED) is 0.711. The molecule has 8 heteroatoms. The van der Waals surface area contributed by atoms with Crippen LogP contribution in [0.15, 0.2) is 18.2 Å². The van der Waals surface area contributed by atoms with Crippen LogP contribution in [0.1, 0.15) is 31.0 Å². The van der Waals surface area contributed by atoms with Gasteiger partial charge in [0.25, 0.3) is 0 Å². The number of hydrogen-bond donors (Lipinski definition) is 3. The van der Waals surface area contributed by atoms with E-state index in [9.17, 15) is 0 Å². The molecule has 0 spiro atoms. The van der Waals surface area contributed by atoms with Gasteiger partial charge in [0.15, 0.2) is 11.5 Å². The SMILES string of the molecule is CNc1cc(C)nc(Nc2cc3c(c(C4=CCN[C@H](C)CC4)c2Cl)OCO3)n1.